The van der Waals surface area contributed by atoms with E-state index < -0.39 is 0 Å². The second-order valence-electron chi connectivity index (χ2n) is 6.79. The summed E-state index contributed by atoms with van der Waals surface area (Å²) >= 11 is 0. The lowest BCUT2D eigenvalue weighted by Gasteiger charge is -2.01. The molecule has 0 N–H and O–H groups in total. The maximum absolute atomic E-state index is 5.27. The van der Waals surface area contributed by atoms with E-state index in [1.54, 1.807) is 6.26 Å². The van der Waals surface area contributed by atoms with E-state index in [1.807, 2.05) is 12.1 Å². The summed E-state index contributed by atoms with van der Waals surface area (Å²) < 4.78 is 5.27. The topological polar surface area (TPSA) is 13.1 Å². The van der Waals surface area contributed by atoms with E-state index in [4.69, 9.17) is 4.42 Å². The number of rotatable bonds is 16. The molecule has 0 saturated heterocycles. The minimum absolute atomic E-state index is 0.964. The van der Waals surface area contributed by atoms with Crippen LogP contribution in [0.1, 0.15) is 103 Å². The quantitative estimate of drug-likeness (QED) is 0.219. The highest BCUT2D eigenvalue weighted by atomic mass is 16.3. The maximum Gasteiger partial charge on any atom is 0.126 e. The molecule has 1 heterocycles. The van der Waals surface area contributed by atoms with E-state index in [-0.39, 0.29) is 0 Å². The summed E-state index contributed by atoms with van der Waals surface area (Å²) in [4.78, 5) is 0. The Hall–Kier alpha value is -1.24. The van der Waals surface area contributed by atoms with Crippen molar-refractivity contribution in [1.82, 2.24) is 0 Å². The molecule has 0 aliphatic rings. The van der Waals surface area contributed by atoms with Crippen LogP contribution in [0.4, 0.5) is 0 Å². The molecule has 0 aliphatic carbocycles. The highest BCUT2D eigenvalue weighted by Gasteiger charge is 1.93. The van der Waals surface area contributed by atoms with Crippen molar-refractivity contribution in [2.24, 2.45) is 0 Å². The van der Waals surface area contributed by atoms with E-state index in [9.17, 15) is 0 Å². The summed E-state index contributed by atoms with van der Waals surface area (Å²) in [7, 11) is 0. The molecule has 0 spiro atoms. The molecule has 1 nitrogen and oxygen atoms in total. The SMILES string of the molecule is CCCC/C=C\CCCCCCCCCCC/C=C/c1ccco1. The Morgan fingerprint density at radius 2 is 1.25 bits per heavy atom. The van der Waals surface area contributed by atoms with E-state index in [0.29, 0.717) is 0 Å². The first-order chi connectivity index (χ1) is 11.9. The monoisotopic (exact) mass is 330 g/mol. The van der Waals surface area contributed by atoms with Crippen LogP contribution in [0.25, 0.3) is 6.08 Å². The third kappa shape index (κ3) is 13.2. The van der Waals surface area contributed by atoms with Gasteiger partial charge in [0.2, 0.25) is 0 Å². The standard InChI is InChI=1S/C23H38O/c1-2-3-4-5-6-7-8-9-10-11-12-13-14-15-16-17-18-20-23-21-19-22-24-23/h5-6,18-22H,2-4,7-17H2,1H3/b6-5-,20-18+. The predicted octanol–water partition coefficient (Wildman–Crippen LogP) is 8.33. The lowest BCUT2D eigenvalue weighted by molar-refractivity contribution is 0.555. The van der Waals surface area contributed by atoms with Crippen LogP contribution in [-0.4, -0.2) is 0 Å². The van der Waals surface area contributed by atoms with Crippen LogP contribution in [0.15, 0.2) is 41.0 Å². The first kappa shape index (κ1) is 20.8. The fraction of sp³-hybridized carbons (Fsp3) is 0.652. The molecule has 1 aromatic heterocycles. The van der Waals surface area contributed by atoms with Gasteiger partial charge in [0.1, 0.15) is 5.76 Å². The van der Waals surface area contributed by atoms with Crippen molar-refractivity contribution in [2.75, 3.05) is 0 Å². The van der Waals surface area contributed by atoms with Gasteiger partial charge in [0.15, 0.2) is 0 Å². The van der Waals surface area contributed by atoms with Gasteiger partial charge >= 0.3 is 0 Å². The molecule has 136 valence electrons. The van der Waals surface area contributed by atoms with E-state index >= 15 is 0 Å². The van der Waals surface area contributed by atoms with Crippen molar-refractivity contribution >= 4 is 6.08 Å². The fourth-order valence-electron chi connectivity index (χ4n) is 2.91. The van der Waals surface area contributed by atoms with Crippen LogP contribution < -0.4 is 0 Å². The number of unbranched alkanes of at least 4 members (excludes halogenated alkanes) is 12. The second-order valence-corrected chi connectivity index (χ2v) is 6.79. The van der Waals surface area contributed by atoms with Gasteiger partial charge in [0.25, 0.3) is 0 Å². The Morgan fingerprint density at radius 3 is 1.79 bits per heavy atom. The predicted molar refractivity (Wildman–Crippen MR) is 107 cm³/mol. The highest BCUT2D eigenvalue weighted by Crippen LogP contribution is 2.12. The molecule has 1 rings (SSSR count). The minimum atomic E-state index is 0.964. The van der Waals surface area contributed by atoms with Crippen LogP contribution in [0.3, 0.4) is 0 Å². The Bertz CT molecular complexity index is 400. The smallest absolute Gasteiger partial charge is 0.126 e. The lowest BCUT2D eigenvalue weighted by Crippen LogP contribution is -1.81. The van der Waals surface area contributed by atoms with Gasteiger partial charge in [-0.15, -0.1) is 0 Å². The molecule has 0 bridgehead atoms. The first-order valence-corrected chi connectivity index (χ1v) is 10.3. The van der Waals surface area contributed by atoms with Crippen LogP contribution in [0.2, 0.25) is 0 Å². The minimum Gasteiger partial charge on any atom is -0.465 e. The van der Waals surface area contributed by atoms with Gasteiger partial charge in [-0.3, -0.25) is 0 Å². The van der Waals surface area contributed by atoms with Crippen LogP contribution in [0, 0.1) is 0 Å². The van der Waals surface area contributed by atoms with Crippen molar-refractivity contribution < 1.29 is 4.42 Å². The summed E-state index contributed by atoms with van der Waals surface area (Å²) in [6.45, 7) is 2.26. The van der Waals surface area contributed by atoms with Gasteiger partial charge < -0.3 is 4.42 Å². The van der Waals surface area contributed by atoms with Crippen molar-refractivity contribution in [3.8, 4) is 0 Å². The van der Waals surface area contributed by atoms with E-state index in [1.165, 1.54) is 89.9 Å². The van der Waals surface area contributed by atoms with E-state index in [2.05, 4.69) is 31.2 Å². The van der Waals surface area contributed by atoms with Crippen molar-refractivity contribution in [1.29, 1.82) is 0 Å². The Morgan fingerprint density at radius 1 is 0.708 bits per heavy atom. The Balaban J connectivity index is 1.74. The van der Waals surface area contributed by atoms with Gasteiger partial charge in [-0.1, -0.05) is 82.9 Å². The largest absolute Gasteiger partial charge is 0.465 e. The van der Waals surface area contributed by atoms with E-state index in [0.717, 1.165) is 5.76 Å². The summed E-state index contributed by atoms with van der Waals surface area (Å²) in [5.41, 5.74) is 0. The summed E-state index contributed by atoms with van der Waals surface area (Å²) in [6.07, 6.45) is 29.7. The van der Waals surface area contributed by atoms with Gasteiger partial charge in [0, 0.05) is 0 Å². The first-order valence-electron chi connectivity index (χ1n) is 10.3. The molecule has 1 aromatic rings. The number of hydrogen-bond donors (Lipinski definition) is 0. The molecule has 0 fully saturated rings. The van der Waals surface area contributed by atoms with Crippen molar-refractivity contribution in [3.05, 3.63) is 42.4 Å². The van der Waals surface area contributed by atoms with Gasteiger partial charge in [-0.2, -0.15) is 0 Å². The number of allylic oxidation sites excluding steroid dienone is 3. The molecular weight excluding hydrogens is 292 g/mol. The highest BCUT2D eigenvalue weighted by molar-refractivity contribution is 5.41. The summed E-state index contributed by atoms with van der Waals surface area (Å²) in [5, 5.41) is 0. The molecule has 1 heteroatoms. The Kier molecular flexibility index (Phi) is 14.4. The zero-order valence-electron chi connectivity index (χ0n) is 15.8. The molecule has 0 saturated carbocycles. The third-order valence-corrected chi connectivity index (χ3v) is 4.46. The van der Waals surface area contributed by atoms with Crippen LogP contribution >= 0.6 is 0 Å². The summed E-state index contributed by atoms with van der Waals surface area (Å²) in [5.74, 6) is 0.964. The van der Waals surface area contributed by atoms with Gasteiger partial charge in [-0.25, -0.2) is 0 Å². The maximum atomic E-state index is 5.27. The normalized spacial score (nSPS) is 11.9. The molecule has 0 atom stereocenters. The van der Waals surface area contributed by atoms with Gasteiger partial charge in [0.05, 0.1) is 6.26 Å². The molecule has 0 radical (unpaired) electrons. The molecular formula is C23H38O. The number of furan rings is 1. The zero-order valence-corrected chi connectivity index (χ0v) is 15.8. The summed E-state index contributed by atoms with van der Waals surface area (Å²) in [6, 6.07) is 3.93. The van der Waals surface area contributed by atoms with Crippen molar-refractivity contribution in [3.63, 3.8) is 0 Å². The molecule has 0 aromatic carbocycles. The third-order valence-electron chi connectivity index (χ3n) is 4.46. The lowest BCUT2D eigenvalue weighted by atomic mass is 10.1. The second kappa shape index (κ2) is 16.6. The molecule has 24 heavy (non-hydrogen) atoms. The van der Waals surface area contributed by atoms with Crippen LogP contribution in [0.5, 0.6) is 0 Å². The average Bonchev–Trinajstić information content (AvgIpc) is 3.11. The zero-order chi connectivity index (χ0) is 17.1. The Labute approximate surface area is 150 Å². The van der Waals surface area contributed by atoms with Crippen LogP contribution in [-0.2, 0) is 0 Å². The average molecular weight is 331 g/mol. The number of hydrogen-bond acceptors (Lipinski definition) is 1. The molecule has 0 aliphatic heterocycles. The van der Waals surface area contributed by atoms with Crippen molar-refractivity contribution in [2.45, 2.75) is 96.8 Å². The molecule has 0 unspecified atom stereocenters. The van der Waals surface area contributed by atoms with Gasteiger partial charge in [-0.05, 0) is 50.3 Å². The molecule has 0 amide bonds. The fourth-order valence-corrected chi connectivity index (χ4v) is 2.91.